The molecule has 2 fully saturated rings. The van der Waals surface area contributed by atoms with E-state index in [0.29, 0.717) is 28.6 Å². The van der Waals surface area contributed by atoms with E-state index in [-0.39, 0.29) is 17.0 Å². The molecule has 6 heteroatoms. The van der Waals surface area contributed by atoms with Crippen molar-refractivity contribution in [1.82, 2.24) is 9.55 Å². The second kappa shape index (κ2) is 5.38. The largest absolute Gasteiger partial charge is 0.381 e. The third kappa shape index (κ3) is 2.52. The number of hydrogen-bond acceptors (Lipinski definition) is 3. The highest BCUT2D eigenvalue weighted by Crippen LogP contribution is 2.41. The van der Waals surface area contributed by atoms with E-state index in [2.05, 4.69) is 22.9 Å². The van der Waals surface area contributed by atoms with Crippen LogP contribution in [0.25, 0.3) is 10.9 Å². The first-order valence-corrected chi connectivity index (χ1v) is 8.78. The fourth-order valence-electron chi connectivity index (χ4n) is 3.37. The third-order valence-electron chi connectivity index (χ3n) is 4.97. The summed E-state index contributed by atoms with van der Waals surface area (Å²) in [5, 5.41) is 0.350. The van der Waals surface area contributed by atoms with Gasteiger partial charge >= 0.3 is 0 Å². The van der Waals surface area contributed by atoms with Gasteiger partial charge in [-0.25, -0.2) is 9.37 Å². The Labute approximate surface area is 141 Å². The van der Waals surface area contributed by atoms with Crippen molar-refractivity contribution in [1.29, 1.82) is 0 Å². The van der Waals surface area contributed by atoms with Crippen molar-refractivity contribution in [3.05, 3.63) is 38.6 Å². The van der Waals surface area contributed by atoms with Gasteiger partial charge in [0.1, 0.15) is 11.6 Å². The minimum Gasteiger partial charge on any atom is -0.381 e. The molecule has 0 atom stereocenters. The Kier molecular flexibility index (Phi) is 3.57. The van der Waals surface area contributed by atoms with Gasteiger partial charge in [0.15, 0.2) is 0 Å². The van der Waals surface area contributed by atoms with Crippen LogP contribution in [0.15, 0.2) is 21.4 Å². The van der Waals surface area contributed by atoms with Gasteiger partial charge in [-0.1, -0.05) is 6.92 Å². The van der Waals surface area contributed by atoms with Crippen LogP contribution in [0.4, 0.5) is 4.39 Å². The predicted molar refractivity (Wildman–Crippen MR) is 89.3 cm³/mol. The zero-order chi connectivity index (χ0) is 16.2. The van der Waals surface area contributed by atoms with Crippen molar-refractivity contribution in [2.24, 2.45) is 0 Å². The molecule has 0 radical (unpaired) electrons. The van der Waals surface area contributed by atoms with Crippen molar-refractivity contribution < 1.29 is 9.13 Å². The van der Waals surface area contributed by atoms with Crippen LogP contribution >= 0.6 is 15.9 Å². The van der Waals surface area contributed by atoms with E-state index in [1.807, 2.05) is 4.57 Å². The minimum atomic E-state index is -0.421. The first-order chi connectivity index (χ1) is 11.0. The highest BCUT2D eigenvalue weighted by atomic mass is 79.9. The number of ether oxygens (including phenoxy) is 1. The van der Waals surface area contributed by atoms with Crippen molar-refractivity contribution in [3.8, 4) is 0 Å². The highest BCUT2D eigenvalue weighted by Gasteiger charge is 2.38. The second-order valence-electron chi connectivity index (χ2n) is 6.80. The molecule has 1 aliphatic heterocycles. The number of halogens is 2. The van der Waals surface area contributed by atoms with Gasteiger partial charge < -0.3 is 4.74 Å². The molecule has 2 aliphatic rings. The summed E-state index contributed by atoms with van der Waals surface area (Å²) in [6.45, 7) is 3.51. The summed E-state index contributed by atoms with van der Waals surface area (Å²) in [5.74, 6) is 0.406. The van der Waals surface area contributed by atoms with E-state index < -0.39 is 5.82 Å². The van der Waals surface area contributed by atoms with E-state index >= 15 is 0 Å². The number of nitrogens with zero attached hydrogens (tertiary/aromatic N) is 2. The summed E-state index contributed by atoms with van der Waals surface area (Å²) < 4.78 is 21.6. The molecule has 1 aromatic heterocycles. The molecule has 0 bridgehead atoms. The molecular formula is C17H18BrFN2O2. The smallest absolute Gasteiger partial charge is 0.261 e. The Morgan fingerprint density at radius 3 is 2.70 bits per heavy atom. The lowest BCUT2D eigenvalue weighted by Gasteiger charge is -2.34. The lowest BCUT2D eigenvalue weighted by atomic mass is 9.81. The highest BCUT2D eigenvalue weighted by molar-refractivity contribution is 9.10. The summed E-state index contributed by atoms with van der Waals surface area (Å²) in [6.07, 6.45) is 3.67. The lowest BCUT2D eigenvalue weighted by Crippen LogP contribution is -2.38. The van der Waals surface area contributed by atoms with Crippen LogP contribution in [0.1, 0.15) is 44.5 Å². The van der Waals surface area contributed by atoms with Crippen LogP contribution in [0.5, 0.6) is 0 Å². The summed E-state index contributed by atoms with van der Waals surface area (Å²) in [7, 11) is 0. The van der Waals surface area contributed by atoms with E-state index in [1.165, 1.54) is 12.1 Å². The molecule has 2 heterocycles. The molecule has 0 amide bonds. The molecule has 1 saturated carbocycles. The summed E-state index contributed by atoms with van der Waals surface area (Å²) in [5.41, 5.74) is 0.249. The molecule has 0 spiro atoms. The summed E-state index contributed by atoms with van der Waals surface area (Å²) >= 11 is 3.36. The standard InChI is InChI=1S/C17H18BrFN2O2/c1-17(4-6-23-7-5-17)16-20-14-12(8-10(19)9-13(14)18)15(22)21(16)11-2-3-11/h8-9,11H,2-7H2,1H3. The molecule has 2 aromatic rings. The lowest BCUT2D eigenvalue weighted by molar-refractivity contribution is 0.0519. The van der Waals surface area contributed by atoms with E-state index in [9.17, 15) is 9.18 Å². The Balaban J connectivity index is 2.03. The van der Waals surface area contributed by atoms with Crippen LogP contribution in [-0.2, 0) is 10.2 Å². The Morgan fingerprint density at radius 1 is 1.35 bits per heavy atom. The quantitative estimate of drug-likeness (QED) is 0.797. The van der Waals surface area contributed by atoms with Crippen LogP contribution < -0.4 is 5.56 Å². The van der Waals surface area contributed by atoms with Crippen LogP contribution in [-0.4, -0.2) is 22.8 Å². The van der Waals surface area contributed by atoms with Crippen molar-refractivity contribution in [3.63, 3.8) is 0 Å². The van der Waals surface area contributed by atoms with Crippen LogP contribution in [0.2, 0.25) is 0 Å². The predicted octanol–water partition coefficient (Wildman–Crippen LogP) is 3.70. The van der Waals surface area contributed by atoms with Gasteiger partial charge in [-0.2, -0.15) is 0 Å². The van der Waals surface area contributed by atoms with Gasteiger partial charge in [0.05, 0.1) is 10.9 Å². The van der Waals surface area contributed by atoms with Gasteiger partial charge in [0.25, 0.3) is 5.56 Å². The molecule has 0 unspecified atom stereocenters. The van der Waals surface area contributed by atoms with Gasteiger partial charge in [-0.15, -0.1) is 0 Å². The maximum atomic E-state index is 13.7. The average Bonchev–Trinajstić information content (AvgIpc) is 3.33. The van der Waals surface area contributed by atoms with E-state index in [4.69, 9.17) is 9.72 Å². The average molecular weight is 381 g/mol. The molecule has 4 nitrogen and oxygen atoms in total. The number of fused-ring (bicyclic) bond motifs is 1. The SMILES string of the molecule is CC1(c2nc3c(Br)cc(F)cc3c(=O)n2C2CC2)CCOCC1. The van der Waals surface area contributed by atoms with Crippen molar-refractivity contribution >= 4 is 26.8 Å². The third-order valence-corrected chi connectivity index (χ3v) is 5.58. The molecule has 1 aromatic carbocycles. The number of aromatic nitrogens is 2. The molecule has 122 valence electrons. The Bertz CT molecular complexity index is 839. The Hall–Kier alpha value is -1.27. The van der Waals surface area contributed by atoms with Gasteiger partial charge in [-0.3, -0.25) is 9.36 Å². The van der Waals surface area contributed by atoms with Crippen molar-refractivity contribution in [2.45, 2.75) is 44.1 Å². The van der Waals surface area contributed by atoms with Gasteiger partial charge in [-0.05, 0) is 53.7 Å². The monoisotopic (exact) mass is 380 g/mol. The van der Waals surface area contributed by atoms with Gasteiger partial charge in [0.2, 0.25) is 0 Å². The fraction of sp³-hybridized carbons (Fsp3) is 0.529. The zero-order valence-electron chi connectivity index (χ0n) is 12.9. The summed E-state index contributed by atoms with van der Waals surface area (Å²) in [4.78, 5) is 17.9. The first-order valence-electron chi connectivity index (χ1n) is 7.99. The molecule has 0 N–H and O–H groups in total. The molecule has 23 heavy (non-hydrogen) atoms. The minimum absolute atomic E-state index is 0.125. The summed E-state index contributed by atoms with van der Waals surface area (Å²) in [6, 6.07) is 2.87. The number of rotatable bonds is 2. The van der Waals surface area contributed by atoms with Crippen LogP contribution in [0, 0.1) is 5.82 Å². The first kappa shape index (κ1) is 15.3. The van der Waals surface area contributed by atoms with Crippen molar-refractivity contribution in [2.75, 3.05) is 13.2 Å². The molecule has 4 rings (SSSR count). The topological polar surface area (TPSA) is 44.1 Å². The zero-order valence-corrected chi connectivity index (χ0v) is 14.5. The van der Waals surface area contributed by atoms with E-state index in [0.717, 1.165) is 31.5 Å². The fourth-order valence-corrected chi connectivity index (χ4v) is 3.89. The normalized spacial score (nSPS) is 20.8. The van der Waals surface area contributed by atoms with Crippen LogP contribution in [0.3, 0.4) is 0 Å². The van der Waals surface area contributed by atoms with Gasteiger partial charge in [0, 0.05) is 29.1 Å². The maximum absolute atomic E-state index is 13.7. The molecule has 1 saturated heterocycles. The molecule has 1 aliphatic carbocycles. The molecular weight excluding hydrogens is 363 g/mol. The maximum Gasteiger partial charge on any atom is 0.261 e. The van der Waals surface area contributed by atoms with E-state index in [1.54, 1.807) is 0 Å². The number of benzene rings is 1. The Morgan fingerprint density at radius 2 is 2.04 bits per heavy atom. The number of hydrogen-bond donors (Lipinski definition) is 0. The second-order valence-corrected chi connectivity index (χ2v) is 7.65.